The van der Waals surface area contributed by atoms with E-state index < -0.39 is 4.33 Å². The van der Waals surface area contributed by atoms with Crippen molar-refractivity contribution in [1.29, 1.82) is 0 Å². The largest absolute Gasteiger partial charge is 0.365 e. The Morgan fingerprint density at radius 3 is 2.00 bits per heavy atom. The summed E-state index contributed by atoms with van der Waals surface area (Å²) in [6.07, 6.45) is 0.299. The number of ether oxygens (including phenoxy) is 1. The Kier molecular flexibility index (Phi) is 1.22. The quantitative estimate of drug-likeness (QED) is 0.618. The van der Waals surface area contributed by atoms with Crippen LogP contribution in [0.15, 0.2) is 24.3 Å². The smallest absolute Gasteiger partial charge is 0.130 e. The van der Waals surface area contributed by atoms with Gasteiger partial charge in [0, 0.05) is 11.8 Å². The lowest BCUT2D eigenvalue weighted by Gasteiger charge is -2.11. The standard InChI is InChI=1S/C11H8Cl2O/c12-11(13)7-8(11)10-6-4-2-1-3-5(6)9(7)14-10/h1-4,7-10H/t7-,8+,9-,10-/m0/s1. The van der Waals surface area contributed by atoms with Crippen molar-refractivity contribution in [2.75, 3.05) is 0 Å². The summed E-state index contributed by atoms with van der Waals surface area (Å²) in [7, 11) is 0. The molecule has 0 spiro atoms. The van der Waals surface area contributed by atoms with Crippen LogP contribution < -0.4 is 0 Å². The highest BCUT2D eigenvalue weighted by atomic mass is 35.5. The molecule has 1 saturated carbocycles. The van der Waals surface area contributed by atoms with E-state index in [1.54, 1.807) is 0 Å². The Morgan fingerprint density at radius 1 is 1.00 bits per heavy atom. The average Bonchev–Trinajstić information content (AvgIpc) is 2.58. The number of hydrogen-bond donors (Lipinski definition) is 0. The fourth-order valence-electron chi connectivity index (χ4n) is 3.05. The first-order chi connectivity index (χ1) is 6.71. The number of rotatable bonds is 0. The van der Waals surface area contributed by atoms with Gasteiger partial charge in [-0.05, 0) is 11.1 Å². The molecule has 1 aromatic rings. The van der Waals surface area contributed by atoms with Gasteiger partial charge in [0.1, 0.15) is 4.33 Å². The molecule has 1 aromatic carbocycles. The van der Waals surface area contributed by atoms with E-state index in [1.807, 2.05) is 12.1 Å². The minimum atomic E-state index is -0.535. The van der Waals surface area contributed by atoms with Crippen molar-refractivity contribution in [3.63, 3.8) is 0 Å². The van der Waals surface area contributed by atoms with Crippen LogP contribution in [0.1, 0.15) is 23.3 Å². The summed E-state index contributed by atoms with van der Waals surface area (Å²) < 4.78 is 5.34. The predicted octanol–water partition coefficient (Wildman–Crippen LogP) is 3.23. The van der Waals surface area contributed by atoms with Gasteiger partial charge in [-0.2, -0.15) is 0 Å². The van der Waals surface area contributed by atoms with Crippen LogP contribution >= 0.6 is 23.2 Å². The van der Waals surface area contributed by atoms with Crippen LogP contribution in [0.3, 0.4) is 0 Å². The van der Waals surface area contributed by atoms with Gasteiger partial charge < -0.3 is 4.74 Å². The fraction of sp³-hybridized carbons (Fsp3) is 0.455. The lowest BCUT2D eigenvalue weighted by Crippen LogP contribution is -2.05. The molecule has 1 saturated heterocycles. The fourth-order valence-corrected chi connectivity index (χ4v) is 3.92. The first-order valence-corrected chi connectivity index (χ1v) is 5.59. The normalized spacial score (nSPS) is 44.7. The average molecular weight is 227 g/mol. The first-order valence-electron chi connectivity index (χ1n) is 4.83. The minimum Gasteiger partial charge on any atom is -0.365 e. The van der Waals surface area contributed by atoms with Crippen molar-refractivity contribution < 1.29 is 4.74 Å². The Morgan fingerprint density at radius 2 is 1.50 bits per heavy atom. The van der Waals surface area contributed by atoms with Gasteiger partial charge in [0.2, 0.25) is 0 Å². The third-order valence-electron chi connectivity index (χ3n) is 3.72. The molecule has 1 aliphatic carbocycles. The topological polar surface area (TPSA) is 9.23 Å². The molecule has 4 atom stereocenters. The monoisotopic (exact) mass is 226 g/mol. The van der Waals surface area contributed by atoms with Gasteiger partial charge in [-0.15, -0.1) is 23.2 Å². The van der Waals surface area contributed by atoms with Crippen molar-refractivity contribution in [2.45, 2.75) is 16.5 Å². The van der Waals surface area contributed by atoms with Crippen LogP contribution in [0.4, 0.5) is 0 Å². The van der Waals surface area contributed by atoms with Crippen LogP contribution in [-0.4, -0.2) is 4.33 Å². The van der Waals surface area contributed by atoms with Crippen molar-refractivity contribution in [2.24, 2.45) is 11.8 Å². The summed E-state index contributed by atoms with van der Waals surface area (Å²) >= 11 is 12.4. The van der Waals surface area contributed by atoms with Crippen LogP contribution in [-0.2, 0) is 4.74 Å². The van der Waals surface area contributed by atoms with Crippen molar-refractivity contribution in [3.05, 3.63) is 35.4 Å². The molecule has 0 N–H and O–H groups in total. The molecule has 0 aromatic heterocycles. The second kappa shape index (κ2) is 2.13. The molecule has 4 rings (SSSR count). The molecular weight excluding hydrogens is 219 g/mol. The van der Waals surface area contributed by atoms with E-state index in [0.717, 1.165) is 0 Å². The maximum absolute atomic E-state index is 6.21. The highest BCUT2D eigenvalue weighted by Gasteiger charge is 2.77. The lowest BCUT2D eigenvalue weighted by molar-refractivity contribution is 0.0373. The highest BCUT2D eigenvalue weighted by Crippen LogP contribution is 2.78. The van der Waals surface area contributed by atoms with Crippen molar-refractivity contribution in [1.82, 2.24) is 0 Å². The van der Waals surface area contributed by atoms with E-state index in [4.69, 9.17) is 27.9 Å². The molecule has 2 heterocycles. The third kappa shape index (κ3) is 0.680. The van der Waals surface area contributed by atoms with Crippen molar-refractivity contribution >= 4 is 23.2 Å². The summed E-state index contributed by atoms with van der Waals surface area (Å²) in [5.74, 6) is 0.650. The molecule has 1 nitrogen and oxygen atoms in total. The highest BCUT2D eigenvalue weighted by molar-refractivity contribution is 6.51. The summed E-state index contributed by atoms with van der Waals surface area (Å²) in [4.78, 5) is 0. The molecule has 0 radical (unpaired) electrons. The summed E-state index contributed by atoms with van der Waals surface area (Å²) in [5.41, 5.74) is 2.59. The van der Waals surface area contributed by atoms with E-state index in [-0.39, 0.29) is 12.2 Å². The first kappa shape index (κ1) is 7.98. The molecule has 2 fully saturated rings. The Balaban J connectivity index is 1.91. The van der Waals surface area contributed by atoms with Crippen LogP contribution in [0, 0.1) is 11.8 Å². The van der Waals surface area contributed by atoms with E-state index in [1.165, 1.54) is 11.1 Å². The molecular formula is C11H8Cl2O. The van der Waals surface area contributed by atoms with E-state index in [0.29, 0.717) is 11.8 Å². The second-order valence-electron chi connectivity index (χ2n) is 4.33. The molecule has 0 unspecified atom stereocenters. The molecule has 14 heavy (non-hydrogen) atoms. The zero-order chi connectivity index (χ0) is 9.50. The molecule has 3 heteroatoms. The summed E-state index contributed by atoms with van der Waals surface area (Å²) in [6, 6.07) is 8.34. The third-order valence-corrected chi connectivity index (χ3v) is 4.73. The molecule has 0 amide bonds. The van der Waals surface area contributed by atoms with Gasteiger partial charge in [0.05, 0.1) is 12.2 Å². The number of hydrogen-bond acceptors (Lipinski definition) is 1. The van der Waals surface area contributed by atoms with E-state index >= 15 is 0 Å². The Labute approximate surface area is 92.0 Å². The number of fused-ring (bicyclic) bond motifs is 8. The maximum Gasteiger partial charge on any atom is 0.130 e. The van der Waals surface area contributed by atoms with Gasteiger partial charge in [0.15, 0.2) is 0 Å². The lowest BCUT2D eigenvalue weighted by atomic mass is 9.92. The maximum atomic E-state index is 6.21. The molecule has 2 bridgehead atoms. The van der Waals surface area contributed by atoms with Crippen LogP contribution in [0.25, 0.3) is 0 Å². The predicted molar refractivity (Wildman–Crippen MR) is 54.4 cm³/mol. The van der Waals surface area contributed by atoms with Gasteiger partial charge >= 0.3 is 0 Å². The Bertz CT molecular complexity index is 392. The molecule has 3 aliphatic rings. The number of benzene rings is 1. The minimum absolute atomic E-state index is 0.149. The Hall–Kier alpha value is -0.240. The molecule has 2 aliphatic heterocycles. The van der Waals surface area contributed by atoms with Gasteiger partial charge in [0.25, 0.3) is 0 Å². The zero-order valence-corrected chi connectivity index (χ0v) is 8.79. The van der Waals surface area contributed by atoms with Gasteiger partial charge in [-0.1, -0.05) is 24.3 Å². The SMILES string of the molecule is ClC1(Cl)[C@@H]2[C@H]1[C@H]1O[C@H]2c2ccccc21. The van der Waals surface area contributed by atoms with Crippen molar-refractivity contribution in [3.8, 4) is 0 Å². The van der Waals surface area contributed by atoms with E-state index in [9.17, 15) is 0 Å². The van der Waals surface area contributed by atoms with Crippen LogP contribution in [0.5, 0.6) is 0 Å². The summed E-state index contributed by atoms with van der Waals surface area (Å²) in [5, 5.41) is 0. The van der Waals surface area contributed by atoms with Gasteiger partial charge in [-0.25, -0.2) is 0 Å². The number of halogens is 2. The zero-order valence-electron chi connectivity index (χ0n) is 7.28. The summed E-state index contributed by atoms with van der Waals surface area (Å²) in [6.45, 7) is 0. The van der Waals surface area contributed by atoms with Crippen LogP contribution in [0.2, 0.25) is 0 Å². The van der Waals surface area contributed by atoms with E-state index in [2.05, 4.69) is 12.1 Å². The number of alkyl halides is 2. The second-order valence-corrected chi connectivity index (χ2v) is 5.78. The van der Waals surface area contributed by atoms with Gasteiger partial charge in [-0.3, -0.25) is 0 Å². The molecule has 72 valence electrons.